The highest BCUT2D eigenvalue weighted by Gasteiger charge is 2.21. The van der Waals surface area contributed by atoms with Gasteiger partial charge in [0.2, 0.25) is 0 Å². The zero-order chi connectivity index (χ0) is 13.9. The first-order valence-electron chi connectivity index (χ1n) is 7.31. The lowest BCUT2D eigenvalue weighted by atomic mass is 10.0. The molecule has 3 rings (SSSR count). The van der Waals surface area contributed by atoms with Crippen molar-refractivity contribution in [3.05, 3.63) is 59.7 Å². The predicted molar refractivity (Wildman–Crippen MR) is 88.8 cm³/mol. The first-order chi connectivity index (χ1) is 9.74. The zero-order valence-electron chi connectivity index (χ0n) is 12.1. The van der Waals surface area contributed by atoms with Gasteiger partial charge in [-0.15, -0.1) is 11.8 Å². The molecule has 0 fully saturated rings. The summed E-state index contributed by atoms with van der Waals surface area (Å²) in [6.45, 7) is 5.53. The van der Waals surface area contributed by atoms with Crippen molar-refractivity contribution in [2.75, 3.05) is 11.9 Å². The van der Waals surface area contributed by atoms with E-state index >= 15 is 0 Å². The summed E-state index contributed by atoms with van der Waals surface area (Å²) in [5.41, 5.74) is 4.20. The summed E-state index contributed by atoms with van der Waals surface area (Å²) in [6, 6.07) is 17.4. The Labute approximate surface area is 125 Å². The van der Waals surface area contributed by atoms with Crippen LogP contribution in [0.2, 0.25) is 0 Å². The van der Waals surface area contributed by atoms with E-state index in [0.29, 0.717) is 11.2 Å². The number of fused-ring (bicyclic) bond motifs is 1. The third-order valence-electron chi connectivity index (χ3n) is 3.82. The van der Waals surface area contributed by atoms with Crippen LogP contribution in [0.15, 0.2) is 53.4 Å². The molecule has 104 valence electrons. The van der Waals surface area contributed by atoms with E-state index in [1.165, 1.54) is 28.1 Å². The Morgan fingerprint density at radius 3 is 2.65 bits per heavy atom. The van der Waals surface area contributed by atoms with Gasteiger partial charge in [-0.1, -0.05) is 50.2 Å². The molecule has 1 atom stereocenters. The molecule has 1 aliphatic rings. The topological polar surface area (TPSA) is 12.0 Å². The highest BCUT2D eigenvalue weighted by atomic mass is 32.2. The highest BCUT2D eigenvalue weighted by Crippen LogP contribution is 2.37. The molecule has 0 amide bonds. The summed E-state index contributed by atoms with van der Waals surface area (Å²) in [5, 5.41) is 4.30. The van der Waals surface area contributed by atoms with Crippen LogP contribution in [0.4, 0.5) is 5.69 Å². The Balaban J connectivity index is 1.65. The fraction of sp³-hybridized carbons (Fsp3) is 0.333. The van der Waals surface area contributed by atoms with Gasteiger partial charge in [0.25, 0.3) is 0 Å². The van der Waals surface area contributed by atoms with Crippen molar-refractivity contribution in [1.29, 1.82) is 0 Å². The van der Waals surface area contributed by atoms with Gasteiger partial charge in [0, 0.05) is 22.4 Å². The van der Waals surface area contributed by atoms with Crippen molar-refractivity contribution in [3.8, 4) is 0 Å². The van der Waals surface area contributed by atoms with E-state index in [1.807, 2.05) is 11.8 Å². The van der Waals surface area contributed by atoms with Crippen LogP contribution in [-0.4, -0.2) is 11.8 Å². The maximum absolute atomic E-state index is 3.65. The Bertz CT molecular complexity index is 566. The second-order valence-electron chi connectivity index (χ2n) is 5.67. The third-order valence-corrected chi connectivity index (χ3v) is 5.14. The molecule has 1 unspecified atom stereocenters. The molecule has 2 aromatic carbocycles. The second kappa shape index (κ2) is 5.92. The number of benzene rings is 2. The first-order valence-corrected chi connectivity index (χ1v) is 8.19. The predicted octanol–water partition coefficient (Wildman–Crippen LogP) is 4.94. The summed E-state index contributed by atoms with van der Waals surface area (Å²) < 4.78 is 0. The standard InChI is InChI=1S/C18H21NS/c1-13(2)16-8-4-5-9-17(16)19-12-15-11-14-7-3-6-10-18(14)20-15/h3-10,13,15,19H,11-12H2,1-2H3. The van der Waals surface area contributed by atoms with Crippen LogP contribution in [0.5, 0.6) is 0 Å². The van der Waals surface area contributed by atoms with Crippen molar-refractivity contribution in [1.82, 2.24) is 0 Å². The number of hydrogen-bond donors (Lipinski definition) is 1. The molecule has 1 N–H and O–H groups in total. The molecule has 0 aliphatic carbocycles. The maximum Gasteiger partial charge on any atom is 0.0375 e. The molecule has 0 aromatic heterocycles. The molecule has 2 aromatic rings. The summed E-state index contributed by atoms with van der Waals surface area (Å²) in [5.74, 6) is 0.562. The summed E-state index contributed by atoms with van der Waals surface area (Å²) in [7, 11) is 0. The Morgan fingerprint density at radius 1 is 1.10 bits per heavy atom. The molecular formula is C18H21NS. The van der Waals surface area contributed by atoms with Crippen LogP contribution in [0.25, 0.3) is 0 Å². The molecule has 1 heterocycles. The number of rotatable bonds is 4. The molecule has 20 heavy (non-hydrogen) atoms. The monoisotopic (exact) mass is 283 g/mol. The number of hydrogen-bond acceptors (Lipinski definition) is 2. The van der Waals surface area contributed by atoms with Gasteiger partial charge in [-0.25, -0.2) is 0 Å². The molecule has 1 nitrogen and oxygen atoms in total. The van der Waals surface area contributed by atoms with E-state index in [-0.39, 0.29) is 0 Å². The zero-order valence-corrected chi connectivity index (χ0v) is 12.9. The lowest BCUT2D eigenvalue weighted by Gasteiger charge is -2.16. The normalized spacial score (nSPS) is 17.2. The average Bonchev–Trinajstić information content (AvgIpc) is 2.88. The minimum Gasteiger partial charge on any atom is -0.384 e. The quantitative estimate of drug-likeness (QED) is 0.853. The maximum atomic E-state index is 3.65. The number of anilines is 1. The Morgan fingerprint density at radius 2 is 1.85 bits per heavy atom. The molecule has 2 heteroatoms. The fourth-order valence-electron chi connectivity index (χ4n) is 2.75. The van der Waals surface area contributed by atoms with Crippen LogP contribution < -0.4 is 5.32 Å². The lowest BCUT2D eigenvalue weighted by molar-refractivity contribution is 0.856. The van der Waals surface area contributed by atoms with Gasteiger partial charge in [0.05, 0.1) is 0 Å². The molecule has 1 aliphatic heterocycles. The largest absolute Gasteiger partial charge is 0.384 e. The molecule has 0 radical (unpaired) electrons. The Kier molecular flexibility index (Phi) is 4.02. The van der Waals surface area contributed by atoms with Gasteiger partial charge in [-0.3, -0.25) is 0 Å². The van der Waals surface area contributed by atoms with E-state index in [9.17, 15) is 0 Å². The van der Waals surface area contributed by atoms with Crippen molar-refractivity contribution in [2.24, 2.45) is 0 Å². The van der Waals surface area contributed by atoms with Crippen molar-refractivity contribution >= 4 is 17.4 Å². The van der Waals surface area contributed by atoms with Crippen LogP contribution in [0.3, 0.4) is 0 Å². The van der Waals surface area contributed by atoms with E-state index in [4.69, 9.17) is 0 Å². The summed E-state index contributed by atoms with van der Waals surface area (Å²) in [6.07, 6.45) is 1.18. The van der Waals surface area contributed by atoms with Crippen molar-refractivity contribution in [3.63, 3.8) is 0 Å². The van der Waals surface area contributed by atoms with Gasteiger partial charge >= 0.3 is 0 Å². The van der Waals surface area contributed by atoms with Gasteiger partial charge in [0.1, 0.15) is 0 Å². The van der Waals surface area contributed by atoms with Gasteiger partial charge in [-0.05, 0) is 35.6 Å². The van der Waals surface area contributed by atoms with E-state index in [0.717, 1.165) is 6.54 Å². The summed E-state index contributed by atoms with van der Waals surface area (Å²) >= 11 is 2.01. The van der Waals surface area contributed by atoms with E-state index < -0.39 is 0 Å². The van der Waals surface area contributed by atoms with E-state index in [1.54, 1.807) is 0 Å². The second-order valence-corrected chi connectivity index (χ2v) is 7.02. The minimum atomic E-state index is 0.562. The number of thioether (sulfide) groups is 1. The van der Waals surface area contributed by atoms with Crippen LogP contribution in [0.1, 0.15) is 30.9 Å². The fourth-order valence-corrected chi connectivity index (χ4v) is 4.00. The van der Waals surface area contributed by atoms with Crippen molar-refractivity contribution < 1.29 is 0 Å². The summed E-state index contributed by atoms with van der Waals surface area (Å²) in [4.78, 5) is 1.46. The molecule has 0 saturated heterocycles. The van der Waals surface area contributed by atoms with Gasteiger partial charge in [0.15, 0.2) is 0 Å². The molecular weight excluding hydrogens is 262 g/mol. The van der Waals surface area contributed by atoms with Crippen LogP contribution in [0, 0.1) is 0 Å². The Hall–Kier alpha value is -1.41. The molecule has 0 saturated carbocycles. The molecule has 0 spiro atoms. The van der Waals surface area contributed by atoms with E-state index in [2.05, 4.69) is 67.7 Å². The SMILES string of the molecule is CC(C)c1ccccc1NCC1Cc2ccccc2S1. The number of nitrogens with one attached hydrogen (secondary N) is 1. The average molecular weight is 283 g/mol. The smallest absolute Gasteiger partial charge is 0.0375 e. The first kappa shape index (κ1) is 13.6. The lowest BCUT2D eigenvalue weighted by Crippen LogP contribution is -2.16. The van der Waals surface area contributed by atoms with Gasteiger partial charge < -0.3 is 5.32 Å². The van der Waals surface area contributed by atoms with Crippen LogP contribution in [-0.2, 0) is 6.42 Å². The minimum absolute atomic E-state index is 0.562. The molecule has 0 bridgehead atoms. The highest BCUT2D eigenvalue weighted by molar-refractivity contribution is 8.00. The third kappa shape index (κ3) is 2.85. The van der Waals surface area contributed by atoms with Crippen molar-refractivity contribution in [2.45, 2.75) is 36.3 Å². The van der Waals surface area contributed by atoms with Crippen LogP contribution >= 0.6 is 11.8 Å². The van der Waals surface area contributed by atoms with Gasteiger partial charge in [-0.2, -0.15) is 0 Å². The number of para-hydroxylation sites is 1.